The summed E-state index contributed by atoms with van der Waals surface area (Å²) in [6.07, 6.45) is 3.89. The van der Waals surface area contributed by atoms with Gasteiger partial charge in [-0.25, -0.2) is 4.39 Å². The molecule has 27 heavy (non-hydrogen) atoms. The van der Waals surface area contributed by atoms with Gasteiger partial charge in [-0.15, -0.1) is 0 Å². The zero-order chi connectivity index (χ0) is 19.4. The molecule has 2 aliphatic rings. The first kappa shape index (κ1) is 19.8. The Morgan fingerprint density at radius 1 is 1.22 bits per heavy atom. The number of piperidine rings is 1. The predicted octanol–water partition coefficient (Wildman–Crippen LogP) is 2.21. The molecule has 1 aromatic carbocycles. The molecular formula is C21H30FN3O2. The van der Waals surface area contributed by atoms with E-state index in [-0.39, 0.29) is 29.6 Å². The number of rotatable bonds is 5. The van der Waals surface area contributed by atoms with Crippen LogP contribution < -0.4 is 10.6 Å². The summed E-state index contributed by atoms with van der Waals surface area (Å²) in [4.78, 5) is 27.2. The highest BCUT2D eigenvalue weighted by Gasteiger charge is 2.36. The summed E-state index contributed by atoms with van der Waals surface area (Å²) in [6, 6.07) is 6.10. The van der Waals surface area contributed by atoms with Crippen LogP contribution in [-0.2, 0) is 15.0 Å². The summed E-state index contributed by atoms with van der Waals surface area (Å²) in [5.74, 6) is 0.106. The Hall–Kier alpha value is -1.95. The zero-order valence-corrected chi connectivity index (χ0v) is 16.3. The van der Waals surface area contributed by atoms with E-state index in [4.69, 9.17) is 0 Å². The fraction of sp³-hybridized carbons (Fsp3) is 0.619. The molecule has 5 nitrogen and oxygen atoms in total. The predicted molar refractivity (Wildman–Crippen MR) is 103 cm³/mol. The molecule has 1 aromatic rings. The maximum atomic E-state index is 13.2. The van der Waals surface area contributed by atoms with Gasteiger partial charge in [-0.3, -0.25) is 9.59 Å². The second kappa shape index (κ2) is 8.38. The number of benzene rings is 1. The monoisotopic (exact) mass is 375 g/mol. The van der Waals surface area contributed by atoms with Crippen LogP contribution in [0.3, 0.4) is 0 Å². The first-order valence-corrected chi connectivity index (χ1v) is 9.94. The molecule has 0 aliphatic carbocycles. The first-order chi connectivity index (χ1) is 12.9. The molecule has 0 saturated carbocycles. The molecule has 0 spiro atoms. The molecule has 2 fully saturated rings. The molecule has 2 aliphatic heterocycles. The fourth-order valence-electron chi connectivity index (χ4n) is 4.08. The third-order valence-corrected chi connectivity index (χ3v) is 5.85. The van der Waals surface area contributed by atoms with Crippen LogP contribution in [0.4, 0.5) is 4.39 Å². The quantitative estimate of drug-likeness (QED) is 0.830. The van der Waals surface area contributed by atoms with Gasteiger partial charge in [0.15, 0.2) is 0 Å². The number of nitrogens with one attached hydrogen (secondary N) is 2. The van der Waals surface area contributed by atoms with Crippen LogP contribution >= 0.6 is 0 Å². The van der Waals surface area contributed by atoms with E-state index < -0.39 is 5.41 Å². The smallest absolute Gasteiger partial charge is 0.237 e. The van der Waals surface area contributed by atoms with E-state index in [1.54, 1.807) is 12.1 Å². The van der Waals surface area contributed by atoms with Crippen LogP contribution in [0.5, 0.6) is 0 Å². The van der Waals surface area contributed by atoms with E-state index >= 15 is 0 Å². The minimum atomic E-state index is -0.702. The van der Waals surface area contributed by atoms with E-state index in [0.717, 1.165) is 44.3 Å². The van der Waals surface area contributed by atoms with Crippen LogP contribution in [0.25, 0.3) is 0 Å². The Bertz CT molecular complexity index is 669. The highest BCUT2D eigenvalue weighted by molar-refractivity contribution is 5.87. The highest BCUT2D eigenvalue weighted by atomic mass is 19.1. The standard InChI is InChI=1S/C21H30FN3O2/c1-21(2,16-7-9-17(22)10-8-16)20(27)25-12-4-5-15(14-25)13-24-19(26)18-6-3-11-23-18/h7-10,15,18,23H,3-6,11-14H2,1-2H3,(H,24,26). The largest absolute Gasteiger partial charge is 0.354 e. The maximum absolute atomic E-state index is 13.2. The van der Waals surface area contributed by atoms with Gasteiger partial charge < -0.3 is 15.5 Å². The minimum Gasteiger partial charge on any atom is -0.354 e. The van der Waals surface area contributed by atoms with Gasteiger partial charge in [0, 0.05) is 19.6 Å². The Morgan fingerprint density at radius 2 is 1.96 bits per heavy atom. The molecule has 2 saturated heterocycles. The van der Waals surface area contributed by atoms with E-state index in [1.165, 1.54) is 12.1 Å². The SMILES string of the molecule is CC(C)(C(=O)N1CCCC(CNC(=O)C2CCCN2)C1)c1ccc(F)cc1. The average Bonchev–Trinajstić information content (AvgIpc) is 3.21. The Morgan fingerprint density at radius 3 is 2.63 bits per heavy atom. The maximum Gasteiger partial charge on any atom is 0.237 e. The molecule has 148 valence electrons. The second-order valence-corrected chi connectivity index (χ2v) is 8.29. The van der Waals surface area contributed by atoms with Crippen molar-refractivity contribution in [3.8, 4) is 0 Å². The summed E-state index contributed by atoms with van der Waals surface area (Å²) < 4.78 is 13.2. The zero-order valence-electron chi connectivity index (χ0n) is 16.3. The van der Waals surface area contributed by atoms with E-state index in [2.05, 4.69) is 10.6 Å². The lowest BCUT2D eigenvalue weighted by Gasteiger charge is -2.38. The molecule has 6 heteroatoms. The Labute approximate surface area is 160 Å². The van der Waals surface area contributed by atoms with Gasteiger partial charge in [-0.05, 0) is 69.7 Å². The van der Waals surface area contributed by atoms with Crippen molar-refractivity contribution in [3.63, 3.8) is 0 Å². The number of likely N-dealkylation sites (tertiary alicyclic amines) is 1. The summed E-state index contributed by atoms with van der Waals surface area (Å²) in [5.41, 5.74) is 0.115. The Kier molecular flexibility index (Phi) is 6.15. The third kappa shape index (κ3) is 4.67. The lowest BCUT2D eigenvalue weighted by atomic mass is 9.82. The molecule has 0 aromatic heterocycles. The number of carbonyl (C=O) groups excluding carboxylic acids is 2. The highest BCUT2D eigenvalue weighted by Crippen LogP contribution is 2.28. The third-order valence-electron chi connectivity index (χ3n) is 5.85. The molecule has 2 N–H and O–H groups in total. The van der Waals surface area contributed by atoms with Crippen molar-refractivity contribution in [1.29, 1.82) is 0 Å². The minimum absolute atomic E-state index is 0.0580. The van der Waals surface area contributed by atoms with Crippen LogP contribution in [-0.4, -0.2) is 48.9 Å². The van der Waals surface area contributed by atoms with Crippen molar-refractivity contribution >= 4 is 11.8 Å². The number of hydrogen-bond donors (Lipinski definition) is 2. The number of halogens is 1. The van der Waals surface area contributed by atoms with Gasteiger partial charge in [-0.2, -0.15) is 0 Å². The van der Waals surface area contributed by atoms with Gasteiger partial charge in [0.05, 0.1) is 11.5 Å². The van der Waals surface area contributed by atoms with Crippen molar-refractivity contribution in [1.82, 2.24) is 15.5 Å². The van der Waals surface area contributed by atoms with Crippen molar-refractivity contribution in [3.05, 3.63) is 35.6 Å². The Balaban J connectivity index is 1.57. The molecule has 3 rings (SSSR count). The number of amides is 2. The van der Waals surface area contributed by atoms with Gasteiger partial charge in [-0.1, -0.05) is 12.1 Å². The number of carbonyl (C=O) groups is 2. The summed E-state index contributed by atoms with van der Waals surface area (Å²) in [6.45, 7) is 6.68. The fourth-order valence-corrected chi connectivity index (χ4v) is 4.08. The van der Waals surface area contributed by atoms with E-state index in [1.807, 2.05) is 18.7 Å². The van der Waals surface area contributed by atoms with Crippen molar-refractivity contribution in [2.24, 2.45) is 5.92 Å². The van der Waals surface area contributed by atoms with Crippen LogP contribution in [0.1, 0.15) is 45.1 Å². The lowest BCUT2D eigenvalue weighted by Crippen LogP contribution is -2.50. The van der Waals surface area contributed by atoms with Gasteiger partial charge in [0.2, 0.25) is 11.8 Å². The molecule has 0 bridgehead atoms. The molecule has 2 atom stereocenters. The average molecular weight is 375 g/mol. The summed E-state index contributed by atoms with van der Waals surface area (Å²) >= 11 is 0. The van der Waals surface area contributed by atoms with E-state index in [0.29, 0.717) is 13.1 Å². The molecule has 2 heterocycles. The summed E-state index contributed by atoms with van der Waals surface area (Å²) in [7, 11) is 0. The van der Waals surface area contributed by atoms with Crippen molar-refractivity contribution < 1.29 is 14.0 Å². The van der Waals surface area contributed by atoms with Crippen molar-refractivity contribution in [2.75, 3.05) is 26.2 Å². The molecular weight excluding hydrogens is 345 g/mol. The number of nitrogens with zero attached hydrogens (tertiary/aromatic N) is 1. The summed E-state index contributed by atoms with van der Waals surface area (Å²) in [5, 5.41) is 6.26. The van der Waals surface area contributed by atoms with Gasteiger partial charge in [0.25, 0.3) is 0 Å². The topological polar surface area (TPSA) is 61.4 Å². The normalized spacial score (nSPS) is 23.3. The number of hydrogen-bond acceptors (Lipinski definition) is 3. The molecule has 0 radical (unpaired) electrons. The van der Waals surface area contributed by atoms with Crippen LogP contribution in [0, 0.1) is 11.7 Å². The van der Waals surface area contributed by atoms with Gasteiger partial charge >= 0.3 is 0 Å². The second-order valence-electron chi connectivity index (χ2n) is 8.29. The van der Waals surface area contributed by atoms with Crippen LogP contribution in [0.15, 0.2) is 24.3 Å². The molecule has 2 unspecified atom stereocenters. The van der Waals surface area contributed by atoms with Crippen LogP contribution in [0.2, 0.25) is 0 Å². The van der Waals surface area contributed by atoms with Gasteiger partial charge in [0.1, 0.15) is 5.82 Å². The van der Waals surface area contributed by atoms with Crippen molar-refractivity contribution in [2.45, 2.75) is 51.0 Å². The lowest BCUT2D eigenvalue weighted by molar-refractivity contribution is -0.138. The molecule has 2 amide bonds. The first-order valence-electron chi connectivity index (χ1n) is 9.94. The van der Waals surface area contributed by atoms with E-state index in [9.17, 15) is 14.0 Å².